The zero-order valence-electron chi connectivity index (χ0n) is 15.8. The van der Waals surface area contributed by atoms with Crippen molar-refractivity contribution in [3.05, 3.63) is 62.8 Å². The Labute approximate surface area is 176 Å². The molecule has 9 heteroatoms. The molecule has 0 aliphatic carbocycles. The molecule has 0 unspecified atom stereocenters. The van der Waals surface area contributed by atoms with Crippen LogP contribution in [0.15, 0.2) is 36.5 Å². The van der Waals surface area contributed by atoms with Crippen molar-refractivity contribution in [3.63, 3.8) is 0 Å². The van der Waals surface area contributed by atoms with Crippen LogP contribution in [0.3, 0.4) is 0 Å². The number of hydrogen-bond acceptors (Lipinski definition) is 5. The normalized spacial score (nSPS) is 15.1. The predicted octanol–water partition coefficient (Wildman–Crippen LogP) is 3.70. The van der Waals surface area contributed by atoms with Crippen LogP contribution in [-0.4, -0.2) is 56.8 Å². The molecular weight excluding hydrogens is 415 g/mol. The van der Waals surface area contributed by atoms with Crippen molar-refractivity contribution in [1.82, 2.24) is 19.6 Å². The number of aromatic nitrogens is 2. The summed E-state index contributed by atoms with van der Waals surface area (Å²) in [6.07, 6.45) is 1.38. The minimum Gasteiger partial charge on any atom is -0.504 e. The van der Waals surface area contributed by atoms with Gasteiger partial charge in [0.05, 0.1) is 16.2 Å². The second-order valence-electron chi connectivity index (χ2n) is 7.01. The highest BCUT2D eigenvalue weighted by Crippen LogP contribution is 2.25. The summed E-state index contributed by atoms with van der Waals surface area (Å²) in [4.78, 5) is 18.0. The fraction of sp³-hybridized carbons (Fsp3) is 0.300. The molecule has 152 valence electrons. The topological polar surface area (TPSA) is 61.6 Å². The van der Waals surface area contributed by atoms with Crippen LogP contribution in [0.25, 0.3) is 5.69 Å². The molecule has 3 heterocycles. The Morgan fingerprint density at radius 2 is 2.00 bits per heavy atom. The van der Waals surface area contributed by atoms with E-state index in [0.29, 0.717) is 24.3 Å². The first-order valence-electron chi connectivity index (χ1n) is 9.22. The van der Waals surface area contributed by atoms with E-state index in [1.54, 1.807) is 29.2 Å². The number of amides is 1. The largest absolute Gasteiger partial charge is 0.504 e. The van der Waals surface area contributed by atoms with Crippen LogP contribution in [0.4, 0.5) is 4.39 Å². The van der Waals surface area contributed by atoms with E-state index in [0.717, 1.165) is 24.0 Å². The molecule has 0 bridgehead atoms. The van der Waals surface area contributed by atoms with Crippen LogP contribution in [0.1, 0.15) is 20.9 Å². The van der Waals surface area contributed by atoms with E-state index < -0.39 is 0 Å². The summed E-state index contributed by atoms with van der Waals surface area (Å²) >= 11 is 7.55. The Hall–Kier alpha value is -2.42. The van der Waals surface area contributed by atoms with E-state index in [2.05, 4.69) is 10.00 Å². The molecule has 1 aromatic carbocycles. The van der Waals surface area contributed by atoms with Crippen LogP contribution in [0.5, 0.6) is 5.75 Å². The number of rotatable bonds is 4. The molecular formula is C20H20ClFN4O2S. The molecule has 1 amide bonds. The number of hydrogen-bond donors (Lipinski definition) is 1. The van der Waals surface area contributed by atoms with Crippen molar-refractivity contribution in [2.24, 2.45) is 0 Å². The van der Waals surface area contributed by atoms with Crippen molar-refractivity contribution in [1.29, 1.82) is 0 Å². The lowest BCUT2D eigenvalue weighted by Gasteiger charge is -2.34. The maximum Gasteiger partial charge on any atom is 0.278 e. The SMILES string of the molecule is Cc1cc(F)ccc1-n1cc(O)c(C(=O)N2CCN(Cc3ccc(Cl)s3)CC2)n1. The molecule has 0 radical (unpaired) electrons. The number of aryl methyl sites for hydroxylation is 1. The van der Waals surface area contributed by atoms with Gasteiger partial charge in [0.1, 0.15) is 5.82 Å². The van der Waals surface area contributed by atoms with Gasteiger partial charge in [-0.2, -0.15) is 5.10 Å². The number of thiophene rings is 1. The van der Waals surface area contributed by atoms with Gasteiger partial charge in [0.15, 0.2) is 11.4 Å². The summed E-state index contributed by atoms with van der Waals surface area (Å²) in [6.45, 7) is 5.14. The van der Waals surface area contributed by atoms with Crippen molar-refractivity contribution >= 4 is 28.8 Å². The summed E-state index contributed by atoms with van der Waals surface area (Å²) < 4.78 is 15.5. The second-order valence-corrected chi connectivity index (χ2v) is 8.81. The van der Waals surface area contributed by atoms with E-state index >= 15 is 0 Å². The summed E-state index contributed by atoms with van der Waals surface area (Å²) in [5, 5.41) is 14.5. The van der Waals surface area contributed by atoms with E-state index in [4.69, 9.17) is 11.6 Å². The molecule has 0 spiro atoms. The van der Waals surface area contributed by atoms with Gasteiger partial charge >= 0.3 is 0 Å². The van der Waals surface area contributed by atoms with Gasteiger partial charge in [-0.1, -0.05) is 11.6 Å². The first-order valence-corrected chi connectivity index (χ1v) is 10.4. The van der Waals surface area contributed by atoms with E-state index in [-0.39, 0.29) is 23.2 Å². The average molecular weight is 435 g/mol. The number of benzene rings is 1. The van der Waals surface area contributed by atoms with Gasteiger partial charge in [-0.05, 0) is 42.8 Å². The molecule has 0 saturated carbocycles. The van der Waals surface area contributed by atoms with Crippen LogP contribution in [0, 0.1) is 12.7 Å². The second kappa shape index (κ2) is 8.14. The average Bonchev–Trinajstić information content (AvgIpc) is 3.27. The third kappa shape index (κ3) is 4.29. The van der Waals surface area contributed by atoms with E-state index in [1.807, 2.05) is 12.1 Å². The molecule has 1 fully saturated rings. The van der Waals surface area contributed by atoms with Crippen LogP contribution >= 0.6 is 22.9 Å². The third-order valence-corrected chi connectivity index (χ3v) is 6.19. The highest BCUT2D eigenvalue weighted by Gasteiger charge is 2.27. The van der Waals surface area contributed by atoms with Crippen LogP contribution in [0.2, 0.25) is 4.34 Å². The zero-order valence-corrected chi connectivity index (χ0v) is 17.4. The molecule has 1 N–H and O–H groups in total. The summed E-state index contributed by atoms with van der Waals surface area (Å²) in [6, 6.07) is 8.19. The third-order valence-electron chi connectivity index (χ3n) is 4.97. The minimum atomic E-state index is -0.346. The van der Waals surface area contributed by atoms with Gasteiger partial charge in [-0.25, -0.2) is 9.07 Å². The number of nitrogens with zero attached hydrogens (tertiary/aromatic N) is 4. The Morgan fingerprint density at radius 1 is 1.24 bits per heavy atom. The van der Waals surface area contributed by atoms with E-state index in [1.165, 1.54) is 27.9 Å². The number of carbonyl (C=O) groups excluding carboxylic acids is 1. The van der Waals surface area contributed by atoms with Crippen LogP contribution in [-0.2, 0) is 6.54 Å². The van der Waals surface area contributed by atoms with Gasteiger partial charge in [-0.3, -0.25) is 9.69 Å². The summed E-state index contributed by atoms with van der Waals surface area (Å²) in [7, 11) is 0. The van der Waals surface area contributed by atoms with Gasteiger partial charge in [0.25, 0.3) is 5.91 Å². The molecule has 1 aliphatic rings. The van der Waals surface area contributed by atoms with Gasteiger partial charge in [-0.15, -0.1) is 11.3 Å². The van der Waals surface area contributed by atoms with Crippen molar-refractivity contribution in [3.8, 4) is 11.4 Å². The summed E-state index contributed by atoms with van der Waals surface area (Å²) in [5.41, 5.74) is 1.28. The van der Waals surface area contributed by atoms with Crippen molar-refractivity contribution in [2.45, 2.75) is 13.5 Å². The Kier molecular flexibility index (Phi) is 5.58. The van der Waals surface area contributed by atoms with E-state index in [9.17, 15) is 14.3 Å². The fourth-order valence-corrected chi connectivity index (χ4v) is 4.56. The predicted molar refractivity (Wildman–Crippen MR) is 110 cm³/mol. The monoisotopic (exact) mass is 434 g/mol. The Bertz CT molecular complexity index is 1040. The van der Waals surface area contributed by atoms with Gasteiger partial charge < -0.3 is 10.0 Å². The lowest BCUT2D eigenvalue weighted by molar-refractivity contribution is 0.0620. The first kappa shape index (κ1) is 19.9. The maximum absolute atomic E-state index is 13.3. The smallest absolute Gasteiger partial charge is 0.278 e. The van der Waals surface area contributed by atoms with Gasteiger partial charge in [0.2, 0.25) is 0 Å². The Balaban J connectivity index is 1.43. The molecule has 2 aromatic heterocycles. The minimum absolute atomic E-state index is 0.00668. The molecule has 1 aliphatic heterocycles. The highest BCUT2D eigenvalue weighted by molar-refractivity contribution is 7.16. The lowest BCUT2D eigenvalue weighted by Crippen LogP contribution is -2.48. The first-order chi connectivity index (χ1) is 13.9. The number of aromatic hydroxyl groups is 1. The molecule has 29 heavy (non-hydrogen) atoms. The quantitative estimate of drug-likeness (QED) is 0.680. The molecule has 3 aromatic rings. The summed E-state index contributed by atoms with van der Waals surface area (Å²) in [5.74, 6) is -0.837. The molecule has 1 saturated heterocycles. The number of halogens is 2. The zero-order chi connectivity index (χ0) is 20.5. The van der Waals surface area contributed by atoms with Crippen molar-refractivity contribution in [2.75, 3.05) is 26.2 Å². The lowest BCUT2D eigenvalue weighted by atomic mass is 10.2. The number of carbonyl (C=O) groups is 1. The molecule has 0 atom stereocenters. The van der Waals surface area contributed by atoms with Gasteiger partial charge in [0, 0.05) is 37.6 Å². The Morgan fingerprint density at radius 3 is 2.66 bits per heavy atom. The molecule has 6 nitrogen and oxygen atoms in total. The standard InChI is InChI=1S/C20H20ClFN4O2S/c1-13-10-14(22)2-4-16(13)26-12-17(27)19(23-26)20(28)25-8-6-24(7-9-25)11-15-3-5-18(21)29-15/h2-5,10,12,27H,6-9,11H2,1H3. The number of piperazine rings is 1. The fourth-order valence-electron chi connectivity index (χ4n) is 3.43. The maximum atomic E-state index is 13.3. The van der Waals surface area contributed by atoms with Crippen LogP contribution < -0.4 is 0 Å². The highest BCUT2D eigenvalue weighted by atomic mass is 35.5. The van der Waals surface area contributed by atoms with Crippen molar-refractivity contribution < 1.29 is 14.3 Å². The molecule has 4 rings (SSSR count).